The molecule has 0 radical (unpaired) electrons. The second-order valence-corrected chi connectivity index (χ2v) is 4.25. The summed E-state index contributed by atoms with van der Waals surface area (Å²) in [5.74, 6) is 0.287. The maximum Gasteiger partial charge on any atom is 0.149 e. The largest absolute Gasteiger partial charge is 0.497 e. The normalized spacial score (nSPS) is 10.7. The summed E-state index contributed by atoms with van der Waals surface area (Å²) in [5, 5.41) is 7.61. The summed E-state index contributed by atoms with van der Waals surface area (Å²) < 4.78 is 20.4. The van der Waals surface area contributed by atoms with E-state index >= 15 is 0 Å². The second-order valence-electron chi connectivity index (χ2n) is 4.25. The minimum atomic E-state index is -0.322. The van der Waals surface area contributed by atoms with Gasteiger partial charge in [0.25, 0.3) is 0 Å². The van der Waals surface area contributed by atoms with Crippen molar-refractivity contribution in [1.82, 2.24) is 15.1 Å². The number of aromatic nitrogens is 2. The van der Waals surface area contributed by atoms with Crippen LogP contribution in [0.4, 0.5) is 4.39 Å². The summed E-state index contributed by atoms with van der Waals surface area (Å²) in [7, 11) is 1.56. The number of benzene rings is 1. The molecular weight excluding hydrogens is 245 g/mol. The third-order valence-electron chi connectivity index (χ3n) is 2.78. The van der Waals surface area contributed by atoms with Gasteiger partial charge in [-0.3, -0.25) is 0 Å². The van der Waals surface area contributed by atoms with Crippen LogP contribution in [0, 0.1) is 5.82 Å². The van der Waals surface area contributed by atoms with E-state index in [4.69, 9.17) is 4.74 Å². The molecule has 0 amide bonds. The van der Waals surface area contributed by atoms with Gasteiger partial charge in [-0.2, -0.15) is 5.10 Å². The minimum absolute atomic E-state index is 0.322. The fraction of sp³-hybridized carbons (Fsp3) is 0.357. The van der Waals surface area contributed by atoms with Crippen LogP contribution in [-0.4, -0.2) is 23.4 Å². The lowest BCUT2D eigenvalue weighted by molar-refractivity contribution is 0.413. The number of rotatable bonds is 6. The molecule has 1 aromatic carbocycles. The van der Waals surface area contributed by atoms with Crippen LogP contribution in [0.1, 0.15) is 19.0 Å². The number of methoxy groups -OCH3 is 1. The highest BCUT2D eigenvalue weighted by atomic mass is 19.1. The summed E-state index contributed by atoms with van der Waals surface area (Å²) >= 11 is 0. The van der Waals surface area contributed by atoms with E-state index in [2.05, 4.69) is 17.3 Å². The third kappa shape index (κ3) is 3.32. The van der Waals surface area contributed by atoms with Crippen molar-refractivity contribution in [2.45, 2.75) is 19.9 Å². The molecule has 0 bridgehead atoms. The Hall–Kier alpha value is -1.88. The van der Waals surface area contributed by atoms with Gasteiger partial charge in [0.05, 0.1) is 12.8 Å². The molecule has 0 aliphatic rings. The molecule has 0 fully saturated rings. The lowest BCUT2D eigenvalue weighted by Crippen LogP contribution is -2.14. The SMILES string of the molecule is CCCNCc1ccn(-c2cc(OC)ccc2F)n1. The maximum atomic E-state index is 13.8. The molecule has 102 valence electrons. The quantitative estimate of drug-likeness (QED) is 0.814. The van der Waals surface area contributed by atoms with E-state index in [1.165, 1.54) is 10.7 Å². The van der Waals surface area contributed by atoms with Gasteiger partial charge in [0.1, 0.15) is 17.3 Å². The molecule has 0 aliphatic carbocycles. The van der Waals surface area contributed by atoms with Crippen molar-refractivity contribution in [3.63, 3.8) is 0 Å². The van der Waals surface area contributed by atoms with Gasteiger partial charge in [-0.1, -0.05) is 6.92 Å². The summed E-state index contributed by atoms with van der Waals surface area (Å²) in [6, 6.07) is 6.48. The van der Waals surface area contributed by atoms with Gasteiger partial charge < -0.3 is 10.1 Å². The van der Waals surface area contributed by atoms with E-state index in [1.54, 1.807) is 25.4 Å². The number of nitrogens with zero attached hydrogens (tertiary/aromatic N) is 2. The number of nitrogens with one attached hydrogen (secondary N) is 1. The molecule has 0 aliphatic heterocycles. The highest BCUT2D eigenvalue weighted by Gasteiger charge is 2.08. The minimum Gasteiger partial charge on any atom is -0.497 e. The van der Waals surface area contributed by atoms with Crippen LogP contribution >= 0.6 is 0 Å². The average Bonchev–Trinajstić information content (AvgIpc) is 2.88. The Balaban J connectivity index is 2.17. The van der Waals surface area contributed by atoms with Crippen molar-refractivity contribution >= 4 is 0 Å². The zero-order valence-corrected chi connectivity index (χ0v) is 11.2. The van der Waals surface area contributed by atoms with E-state index in [9.17, 15) is 4.39 Å². The lowest BCUT2D eigenvalue weighted by Gasteiger charge is -2.06. The third-order valence-corrected chi connectivity index (χ3v) is 2.78. The fourth-order valence-electron chi connectivity index (χ4n) is 1.78. The molecule has 1 N–H and O–H groups in total. The molecule has 2 rings (SSSR count). The van der Waals surface area contributed by atoms with Crippen molar-refractivity contribution in [2.75, 3.05) is 13.7 Å². The van der Waals surface area contributed by atoms with E-state index in [1.807, 2.05) is 6.07 Å². The van der Waals surface area contributed by atoms with Gasteiger partial charge in [-0.25, -0.2) is 9.07 Å². The van der Waals surface area contributed by atoms with Gasteiger partial charge >= 0.3 is 0 Å². The maximum absolute atomic E-state index is 13.8. The topological polar surface area (TPSA) is 39.1 Å². The average molecular weight is 263 g/mol. The Bertz CT molecular complexity index is 539. The molecule has 0 unspecified atom stereocenters. The monoisotopic (exact) mass is 263 g/mol. The van der Waals surface area contributed by atoms with Crippen LogP contribution in [0.15, 0.2) is 30.5 Å². The number of halogens is 1. The van der Waals surface area contributed by atoms with Gasteiger partial charge in [-0.15, -0.1) is 0 Å². The van der Waals surface area contributed by atoms with E-state index in [0.717, 1.165) is 18.7 Å². The van der Waals surface area contributed by atoms with Crippen LogP contribution in [0.3, 0.4) is 0 Å². The number of ether oxygens (including phenoxy) is 1. The van der Waals surface area contributed by atoms with Crippen molar-refractivity contribution in [2.24, 2.45) is 0 Å². The number of hydrogen-bond acceptors (Lipinski definition) is 3. The molecule has 4 nitrogen and oxygen atoms in total. The Kier molecular flexibility index (Phi) is 4.52. The zero-order chi connectivity index (χ0) is 13.7. The first kappa shape index (κ1) is 13.5. The van der Waals surface area contributed by atoms with Crippen molar-refractivity contribution in [1.29, 1.82) is 0 Å². The Labute approximate surface area is 112 Å². The smallest absolute Gasteiger partial charge is 0.149 e. The first-order chi connectivity index (χ1) is 9.24. The first-order valence-corrected chi connectivity index (χ1v) is 6.33. The molecule has 1 aromatic heterocycles. The zero-order valence-electron chi connectivity index (χ0n) is 11.2. The first-order valence-electron chi connectivity index (χ1n) is 6.33. The fourth-order valence-corrected chi connectivity index (χ4v) is 1.78. The molecular formula is C14H18FN3O. The van der Waals surface area contributed by atoms with E-state index in [-0.39, 0.29) is 5.82 Å². The van der Waals surface area contributed by atoms with Crippen molar-refractivity contribution in [3.05, 3.63) is 42.0 Å². The van der Waals surface area contributed by atoms with Crippen LogP contribution in [0.5, 0.6) is 5.75 Å². The molecule has 5 heteroatoms. The predicted octanol–water partition coefficient (Wildman–Crippen LogP) is 2.52. The van der Waals surface area contributed by atoms with Gasteiger partial charge in [-0.05, 0) is 31.2 Å². The molecule has 0 saturated carbocycles. The van der Waals surface area contributed by atoms with Crippen molar-refractivity contribution in [3.8, 4) is 11.4 Å². The van der Waals surface area contributed by atoms with Gasteiger partial charge in [0.15, 0.2) is 0 Å². The molecule has 19 heavy (non-hydrogen) atoms. The standard InChI is InChI=1S/C14H18FN3O/c1-3-7-16-10-11-6-8-18(17-11)14-9-12(19-2)4-5-13(14)15/h4-6,8-9,16H,3,7,10H2,1-2H3. The summed E-state index contributed by atoms with van der Waals surface area (Å²) in [4.78, 5) is 0. The van der Waals surface area contributed by atoms with E-state index < -0.39 is 0 Å². The summed E-state index contributed by atoms with van der Waals surface area (Å²) in [6.45, 7) is 3.74. The van der Waals surface area contributed by atoms with Crippen LogP contribution in [0.25, 0.3) is 5.69 Å². The molecule has 1 heterocycles. The lowest BCUT2D eigenvalue weighted by atomic mass is 10.3. The van der Waals surface area contributed by atoms with Crippen LogP contribution in [-0.2, 0) is 6.54 Å². The van der Waals surface area contributed by atoms with Crippen LogP contribution < -0.4 is 10.1 Å². The van der Waals surface area contributed by atoms with Crippen molar-refractivity contribution < 1.29 is 9.13 Å². The molecule has 0 spiro atoms. The highest BCUT2D eigenvalue weighted by molar-refractivity contribution is 5.40. The molecule has 0 atom stereocenters. The summed E-state index contributed by atoms with van der Waals surface area (Å²) in [6.07, 6.45) is 2.83. The Morgan fingerprint density at radius 3 is 2.95 bits per heavy atom. The molecule has 0 saturated heterocycles. The highest BCUT2D eigenvalue weighted by Crippen LogP contribution is 2.19. The van der Waals surface area contributed by atoms with Gasteiger partial charge in [0.2, 0.25) is 0 Å². The van der Waals surface area contributed by atoms with E-state index in [0.29, 0.717) is 18.0 Å². The van der Waals surface area contributed by atoms with Gasteiger partial charge in [0, 0.05) is 18.8 Å². The summed E-state index contributed by atoms with van der Waals surface area (Å²) in [5.41, 5.74) is 1.27. The Morgan fingerprint density at radius 1 is 1.37 bits per heavy atom. The number of hydrogen-bond donors (Lipinski definition) is 1. The Morgan fingerprint density at radius 2 is 2.21 bits per heavy atom. The second kappa shape index (κ2) is 6.33. The molecule has 2 aromatic rings. The predicted molar refractivity (Wildman–Crippen MR) is 72.1 cm³/mol. The van der Waals surface area contributed by atoms with Crippen LogP contribution in [0.2, 0.25) is 0 Å².